The highest BCUT2D eigenvalue weighted by Crippen LogP contribution is 2.22. The molecule has 1 atom stereocenters. The van der Waals surface area contributed by atoms with E-state index in [2.05, 4.69) is 15.7 Å². The van der Waals surface area contributed by atoms with Gasteiger partial charge in [0.15, 0.2) is 0 Å². The third kappa shape index (κ3) is 4.49. The summed E-state index contributed by atoms with van der Waals surface area (Å²) < 4.78 is 1.64. The second-order valence-electron chi connectivity index (χ2n) is 6.69. The van der Waals surface area contributed by atoms with Crippen molar-refractivity contribution in [3.05, 3.63) is 46.8 Å². The van der Waals surface area contributed by atoms with Gasteiger partial charge < -0.3 is 15.5 Å². The molecule has 0 radical (unpaired) electrons. The van der Waals surface area contributed by atoms with Gasteiger partial charge in [0.05, 0.1) is 12.7 Å². The molecule has 0 bridgehead atoms. The number of likely N-dealkylation sites (N-methyl/N-ethyl adjacent to an activating group) is 2. The third-order valence-corrected chi connectivity index (χ3v) is 4.29. The van der Waals surface area contributed by atoms with E-state index in [1.54, 1.807) is 38.2 Å². The maximum atomic E-state index is 12.7. The summed E-state index contributed by atoms with van der Waals surface area (Å²) in [5.41, 5.74) is 4.73. The first kappa shape index (κ1) is 19.7. The van der Waals surface area contributed by atoms with Crippen molar-refractivity contribution in [2.45, 2.75) is 26.8 Å². The molecule has 0 spiro atoms. The van der Waals surface area contributed by atoms with Gasteiger partial charge in [0, 0.05) is 31.5 Å². The highest BCUT2D eigenvalue weighted by Gasteiger charge is 2.25. The molecule has 26 heavy (non-hydrogen) atoms. The van der Waals surface area contributed by atoms with Gasteiger partial charge in [0.2, 0.25) is 11.8 Å². The van der Waals surface area contributed by atoms with E-state index in [0.29, 0.717) is 0 Å². The monoisotopic (exact) mass is 357 g/mol. The summed E-state index contributed by atoms with van der Waals surface area (Å²) in [4.78, 5) is 26.5. The number of carbonyl (C=O) groups excluding carboxylic acids is 2. The Morgan fingerprint density at radius 1 is 1.23 bits per heavy atom. The average molecular weight is 357 g/mol. The zero-order chi connectivity index (χ0) is 19.4. The Bertz CT molecular complexity index is 789. The first-order valence-corrected chi connectivity index (χ1v) is 8.51. The van der Waals surface area contributed by atoms with Gasteiger partial charge in [-0.1, -0.05) is 17.7 Å². The second kappa shape index (κ2) is 8.14. The number of aryl methyl sites for hydroxylation is 4. The fraction of sp³-hybridized carbons (Fsp3) is 0.421. The molecule has 0 aliphatic rings. The Balaban J connectivity index is 2.05. The molecule has 0 aliphatic carbocycles. The lowest BCUT2D eigenvalue weighted by atomic mass is 10.1. The van der Waals surface area contributed by atoms with Crippen LogP contribution in [0.2, 0.25) is 0 Å². The Labute approximate surface area is 154 Å². The van der Waals surface area contributed by atoms with Crippen LogP contribution >= 0.6 is 0 Å². The largest absolute Gasteiger partial charge is 0.335 e. The van der Waals surface area contributed by atoms with Gasteiger partial charge in [-0.25, -0.2) is 0 Å². The Morgan fingerprint density at radius 3 is 2.35 bits per heavy atom. The van der Waals surface area contributed by atoms with Gasteiger partial charge in [-0.05, 0) is 38.9 Å². The number of aromatic nitrogens is 2. The van der Waals surface area contributed by atoms with Crippen LogP contribution < -0.4 is 10.6 Å². The fourth-order valence-electron chi connectivity index (χ4n) is 3.09. The smallest absolute Gasteiger partial charge is 0.244 e. The van der Waals surface area contributed by atoms with E-state index in [9.17, 15) is 9.59 Å². The summed E-state index contributed by atoms with van der Waals surface area (Å²) in [7, 11) is 5.13. The van der Waals surface area contributed by atoms with Crippen LogP contribution in [0, 0.1) is 20.8 Å². The van der Waals surface area contributed by atoms with Crippen molar-refractivity contribution in [2.75, 3.05) is 26.0 Å². The Hall–Kier alpha value is -2.67. The molecule has 0 fully saturated rings. The van der Waals surface area contributed by atoms with Crippen LogP contribution in [0.15, 0.2) is 24.5 Å². The van der Waals surface area contributed by atoms with Crippen molar-refractivity contribution in [1.29, 1.82) is 0 Å². The standard InChI is InChI=1S/C19H27N5O2/c1-12-7-13(2)17(14(3)8-12)22-16(25)11-23(5)19(26)18(20-4)15-9-21-24(6)10-15/h7-10,18,20H,11H2,1-6H3,(H,22,25). The maximum absolute atomic E-state index is 12.7. The fourth-order valence-corrected chi connectivity index (χ4v) is 3.09. The number of nitrogens with zero attached hydrogens (tertiary/aromatic N) is 3. The molecule has 0 saturated heterocycles. The molecule has 140 valence electrons. The van der Waals surface area contributed by atoms with Crippen LogP contribution in [0.25, 0.3) is 0 Å². The molecule has 2 rings (SSSR count). The molecule has 0 saturated carbocycles. The number of benzene rings is 1. The minimum Gasteiger partial charge on any atom is -0.335 e. The van der Waals surface area contributed by atoms with Gasteiger partial charge in [-0.15, -0.1) is 0 Å². The van der Waals surface area contributed by atoms with E-state index in [1.807, 2.05) is 32.9 Å². The lowest BCUT2D eigenvalue weighted by Gasteiger charge is -2.23. The lowest BCUT2D eigenvalue weighted by molar-refractivity contribution is -0.135. The van der Waals surface area contributed by atoms with Crippen molar-refractivity contribution in [1.82, 2.24) is 20.0 Å². The van der Waals surface area contributed by atoms with Gasteiger partial charge in [-0.2, -0.15) is 5.10 Å². The summed E-state index contributed by atoms with van der Waals surface area (Å²) in [6.45, 7) is 5.92. The second-order valence-corrected chi connectivity index (χ2v) is 6.69. The van der Waals surface area contributed by atoms with E-state index in [0.717, 1.165) is 27.9 Å². The molecular formula is C19H27N5O2. The summed E-state index contributed by atoms with van der Waals surface area (Å²) in [5, 5.41) is 10.0. The molecule has 7 heteroatoms. The number of hydrogen-bond donors (Lipinski definition) is 2. The molecule has 1 unspecified atom stereocenters. The number of rotatable bonds is 6. The van der Waals surface area contributed by atoms with Crippen molar-refractivity contribution in [2.24, 2.45) is 7.05 Å². The Morgan fingerprint density at radius 2 is 1.85 bits per heavy atom. The van der Waals surface area contributed by atoms with Crippen LogP contribution in [0.1, 0.15) is 28.3 Å². The summed E-state index contributed by atoms with van der Waals surface area (Å²) in [6.07, 6.45) is 3.43. The predicted octanol–water partition coefficient (Wildman–Crippen LogP) is 1.70. The van der Waals surface area contributed by atoms with Gasteiger partial charge >= 0.3 is 0 Å². The molecular weight excluding hydrogens is 330 g/mol. The molecule has 2 amide bonds. The van der Waals surface area contributed by atoms with Crippen molar-refractivity contribution < 1.29 is 9.59 Å². The minimum absolute atomic E-state index is 0.0238. The van der Waals surface area contributed by atoms with E-state index in [-0.39, 0.29) is 18.4 Å². The zero-order valence-electron chi connectivity index (χ0n) is 16.3. The first-order valence-electron chi connectivity index (χ1n) is 8.51. The van der Waals surface area contributed by atoms with E-state index < -0.39 is 6.04 Å². The first-order chi connectivity index (χ1) is 12.2. The van der Waals surface area contributed by atoms with Crippen LogP contribution in [0.3, 0.4) is 0 Å². The third-order valence-electron chi connectivity index (χ3n) is 4.29. The summed E-state index contributed by atoms with van der Waals surface area (Å²) >= 11 is 0. The number of anilines is 1. The number of carbonyl (C=O) groups is 2. The SMILES string of the molecule is CNC(C(=O)N(C)CC(=O)Nc1c(C)cc(C)cc1C)c1cnn(C)c1. The average Bonchev–Trinajstić information content (AvgIpc) is 2.97. The maximum Gasteiger partial charge on any atom is 0.244 e. The topological polar surface area (TPSA) is 79.3 Å². The molecule has 2 N–H and O–H groups in total. The van der Waals surface area contributed by atoms with Crippen LogP contribution in [0.5, 0.6) is 0 Å². The molecule has 7 nitrogen and oxygen atoms in total. The van der Waals surface area contributed by atoms with E-state index in [4.69, 9.17) is 0 Å². The van der Waals surface area contributed by atoms with Crippen molar-refractivity contribution in [3.63, 3.8) is 0 Å². The molecule has 1 heterocycles. The highest BCUT2D eigenvalue weighted by molar-refractivity contribution is 5.96. The normalized spacial score (nSPS) is 11.9. The van der Waals surface area contributed by atoms with Gasteiger partial charge in [0.25, 0.3) is 0 Å². The van der Waals surface area contributed by atoms with Crippen molar-refractivity contribution in [3.8, 4) is 0 Å². The number of hydrogen-bond acceptors (Lipinski definition) is 4. The highest BCUT2D eigenvalue weighted by atomic mass is 16.2. The van der Waals surface area contributed by atoms with Crippen LogP contribution in [-0.4, -0.2) is 47.1 Å². The van der Waals surface area contributed by atoms with E-state index >= 15 is 0 Å². The predicted molar refractivity (Wildman–Crippen MR) is 102 cm³/mol. The van der Waals surface area contributed by atoms with Crippen LogP contribution in [-0.2, 0) is 16.6 Å². The number of nitrogens with one attached hydrogen (secondary N) is 2. The zero-order valence-corrected chi connectivity index (χ0v) is 16.3. The molecule has 1 aromatic heterocycles. The minimum atomic E-state index is -0.538. The molecule has 2 aromatic rings. The number of amides is 2. The quantitative estimate of drug-likeness (QED) is 0.825. The summed E-state index contributed by atoms with van der Waals surface area (Å²) in [5.74, 6) is -0.412. The van der Waals surface area contributed by atoms with Gasteiger partial charge in [0.1, 0.15) is 6.04 Å². The van der Waals surface area contributed by atoms with E-state index in [1.165, 1.54) is 4.90 Å². The molecule has 0 aliphatic heterocycles. The Kier molecular flexibility index (Phi) is 6.15. The molecule has 1 aromatic carbocycles. The van der Waals surface area contributed by atoms with Crippen molar-refractivity contribution >= 4 is 17.5 Å². The summed E-state index contributed by atoms with van der Waals surface area (Å²) in [6, 6.07) is 3.51. The lowest BCUT2D eigenvalue weighted by Crippen LogP contribution is -2.41. The van der Waals surface area contributed by atoms with Gasteiger partial charge in [-0.3, -0.25) is 14.3 Å². The van der Waals surface area contributed by atoms with Crippen LogP contribution in [0.4, 0.5) is 5.69 Å².